The van der Waals surface area contributed by atoms with Crippen molar-refractivity contribution < 1.29 is 40.5 Å². The van der Waals surface area contributed by atoms with Gasteiger partial charge in [-0.05, 0) is 29.8 Å². The first-order valence-corrected chi connectivity index (χ1v) is 12.7. The lowest BCUT2D eigenvalue weighted by Gasteiger charge is -2.51. The zero-order valence-corrected chi connectivity index (χ0v) is 22.6. The van der Waals surface area contributed by atoms with Crippen LogP contribution in [0.4, 0.5) is 5.69 Å². The molecule has 2 atom stereocenters. The SMILES string of the molecule is COc1ccccc1C(=O)C[N+]12CCC(CC1)[C@@H](OC(=O)[C@H](Nc1ccccc1)c1ccccc1)C2.[Br-]. The third-order valence-electron chi connectivity index (χ3n) is 7.65. The summed E-state index contributed by atoms with van der Waals surface area (Å²) in [5.74, 6) is 0.737. The van der Waals surface area contributed by atoms with Gasteiger partial charge in [0.1, 0.15) is 18.8 Å². The number of fused-ring (bicyclic) bond motifs is 3. The van der Waals surface area contributed by atoms with Crippen molar-refractivity contribution in [2.45, 2.75) is 25.0 Å². The summed E-state index contributed by atoms with van der Waals surface area (Å²) in [4.78, 5) is 26.8. The van der Waals surface area contributed by atoms with Crippen LogP contribution in [-0.4, -0.2) is 55.6 Å². The molecule has 0 saturated carbocycles. The zero-order chi connectivity index (χ0) is 25.0. The second kappa shape index (κ2) is 11.9. The summed E-state index contributed by atoms with van der Waals surface area (Å²) < 4.78 is 12.3. The number of hydrogen-bond acceptors (Lipinski definition) is 5. The average Bonchev–Trinajstić information content (AvgIpc) is 2.93. The first-order chi connectivity index (χ1) is 17.6. The summed E-state index contributed by atoms with van der Waals surface area (Å²) in [5.41, 5.74) is 2.34. The number of ketones is 1. The highest BCUT2D eigenvalue weighted by atomic mass is 79.9. The minimum Gasteiger partial charge on any atom is -1.00 e. The van der Waals surface area contributed by atoms with Crippen molar-refractivity contribution in [3.63, 3.8) is 0 Å². The quantitative estimate of drug-likeness (QED) is 0.244. The number of nitrogens with one attached hydrogen (secondary N) is 1. The second-order valence-electron chi connectivity index (χ2n) is 9.92. The molecule has 0 amide bonds. The molecule has 2 bridgehead atoms. The molecule has 3 fully saturated rings. The number of halogens is 1. The number of Topliss-reactive ketones (excluding diaryl/α,β-unsaturated/α-hetero) is 1. The maximum Gasteiger partial charge on any atom is 0.333 e. The maximum absolute atomic E-state index is 13.5. The van der Waals surface area contributed by atoms with E-state index in [0.717, 1.165) is 37.2 Å². The van der Waals surface area contributed by atoms with Gasteiger partial charge in [0.15, 0.2) is 12.1 Å². The minimum atomic E-state index is -0.604. The van der Waals surface area contributed by atoms with Crippen LogP contribution in [0.5, 0.6) is 5.75 Å². The Balaban J connectivity index is 0.00000320. The number of anilines is 1. The molecule has 6 nitrogen and oxygen atoms in total. The van der Waals surface area contributed by atoms with Crippen molar-refractivity contribution in [2.24, 2.45) is 5.92 Å². The number of piperidine rings is 3. The van der Waals surface area contributed by atoms with E-state index in [1.807, 2.05) is 84.9 Å². The monoisotopic (exact) mass is 564 g/mol. The highest BCUT2D eigenvalue weighted by molar-refractivity contribution is 5.99. The van der Waals surface area contributed by atoms with Crippen LogP contribution in [0, 0.1) is 5.92 Å². The van der Waals surface area contributed by atoms with Crippen molar-refractivity contribution in [1.82, 2.24) is 0 Å². The van der Waals surface area contributed by atoms with Gasteiger partial charge in [-0.25, -0.2) is 4.79 Å². The van der Waals surface area contributed by atoms with Gasteiger partial charge in [-0.3, -0.25) is 4.79 Å². The first-order valence-electron chi connectivity index (χ1n) is 12.7. The fourth-order valence-corrected chi connectivity index (χ4v) is 5.68. The van der Waals surface area contributed by atoms with Crippen LogP contribution in [0.1, 0.15) is 34.8 Å². The Morgan fingerprint density at radius 1 is 0.919 bits per heavy atom. The molecule has 37 heavy (non-hydrogen) atoms. The molecule has 6 rings (SSSR count). The number of hydrogen-bond donors (Lipinski definition) is 1. The summed E-state index contributed by atoms with van der Waals surface area (Å²) >= 11 is 0. The van der Waals surface area contributed by atoms with Crippen molar-refractivity contribution in [2.75, 3.05) is 38.6 Å². The first kappa shape index (κ1) is 26.9. The van der Waals surface area contributed by atoms with Crippen LogP contribution in [0.3, 0.4) is 0 Å². The topological polar surface area (TPSA) is 64.6 Å². The number of quaternary nitrogens is 1. The molecule has 0 unspecified atom stereocenters. The molecule has 3 aliphatic heterocycles. The number of para-hydroxylation sites is 2. The zero-order valence-electron chi connectivity index (χ0n) is 21.0. The number of esters is 1. The van der Waals surface area contributed by atoms with E-state index >= 15 is 0 Å². The van der Waals surface area contributed by atoms with Crippen LogP contribution in [0.15, 0.2) is 84.9 Å². The molecule has 0 aliphatic carbocycles. The van der Waals surface area contributed by atoms with Gasteiger partial charge >= 0.3 is 5.97 Å². The van der Waals surface area contributed by atoms with E-state index in [1.165, 1.54) is 0 Å². The average molecular weight is 566 g/mol. The van der Waals surface area contributed by atoms with Crippen molar-refractivity contribution in [3.05, 3.63) is 96.1 Å². The number of methoxy groups -OCH3 is 1. The van der Waals surface area contributed by atoms with Gasteiger partial charge in [-0.1, -0.05) is 60.7 Å². The van der Waals surface area contributed by atoms with Crippen molar-refractivity contribution >= 4 is 17.4 Å². The Morgan fingerprint density at radius 2 is 1.54 bits per heavy atom. The van der Waals surface area contributed by atoms with Gasteiger partial charge in [0.25, 0.3) is 0 Å². The fraction of sp³-hybridized carbons (Fsp3) is 0.333. The van der Waals surface area contributed by atoms with E-state index < -0.39 is 6.04 Å². The Bertz CT molecular complexity index is 1200. The van der Waals surface area contributed by atoms with Crippen LogP contribution in [0.25, 0.3) is 0 Å². The lowest BCUT2D eigenvalue weighted by atomic mass is 9.82. The Morgan fingerprint density at radius 3 is 2.22 bits per heavy atom. The van der Waals surface area contributed by atoms with Gasteiger partial charge in [-0.2, -0.15) is 0 Å². The second-order valence-corrected chi connectivity index (χ2v) is 9.92. The van der Waals surface area contributed by atoms with Crippen molar-refractivity contribution in [3.8, 4) is 5.75 Å². The molecule has 3 saturated heterocycles. The third kappa shape index (κ3) is 6.05. The largest absolute Gasteiger partial charge is 1.00 e. The van der Waals surface area contributed by atoms with Gasteiger partial charge in [-0.15, -0.1) is 0 Å². The minimum absolute atomic E-state index is 0. The molecule has 0 radical (unpaired) electrons. The molecular formula is C30H33BrN2O4. The van der Waals surface area contributed by atoms with Crippen LogP contribution in [0.2, 0.25) is 0 Å². The van der Waals surface area contributed by atoms with Gasteiger partial charge in [0.2, 0.25) is 5.78 Å². The summed E-state index contributed by atoms with van der Waals surface area (Å²) in [6.45, 7) is 2.93. The summed E-state index contributed by atoms with van der Waals surface area (Å²) in [6.07, 6.45) is 1.72. The molecule has 3 aromatic carbocycles. The molecule has 3 aliphatic rings. The lowest BCUT2D eigenvalue weighted by Crippen LogP contribution is -3.00. The predicted molar refractivity (Wildman–Crippen MR) is 139 cm³/mol. The highest BCUT2D eigenvalue weighted by Gasteiger charge is 2.49. The highest BCUT2D eigenvalue weighted by Crippen LogP contribution is 2.37. The van der Waals surface area contributed by atoms with Gasteiger partial charge in [0, 0.05) is 24.4 Å². The predicted octanol–water partition coefficient (Wildman–Crippen LogP) is 1.89. The Hall–Kier alpha value is -3.16. The maximum atomic E-state index is 13.5. The molecule has 0 aromatic heterocycles. The number of benzene rings is 3. The molecule has 3 aromatic rings. The number of nitrogens with zero attached hydrogens (tertiary/aromatic N) is 1. The van der Waals surface area contributed by atoms with E-state index in [9.17, 15) is 9.59 Å². The third-order valence-corrected chi connectivity index (χ3v) is 7.65. The number of carbonyl (C=O) groups is 2. The summed E-state index contributed by atoms with van der Waals surface area (Å²) in [6, 6.07) is 26.2. The van der Waals surface area contributed by atoms with E-state index in [1.54, 1.807) is 7.11 Å². The number of rotatable bonds is 9. The molecule has 194 valence electrons. The number of ether oxygens (including phenoxy) is 2. The van der Waals surface area contributed by atoms with Gasteiger partial charge < -0.3 is 36.3 Å². The Labute approximate surface area is 228 Å². The van der Waals surface area contributed by atoms with Crippen LogP contribution in [-0.2, 0) is 9.53 Å². The molecule has 0 spiro atoms. The normalized spacial score (nSPS) is 22.8. The molecular weight excluding hydrogens is 532 g/mol. The fourth-order valence-electron chi connectivity index (χ4n) is 5.68. The van der Waals surface area contributed by atoms with E-state index in [4.69, 9.17) is 9.47 Å². The number of carbonyl (C=O) groups excluding carboxylic acids is 2. The summed E-state index contributed by atoms with van der Waals surface area (Å²) in [5, 5.41) is 3.36. The van der Waals surface area contributed by atoms with E-state index in [0.29, 0.717) is 34.8 Å². The molecule has 1 N–H and O–H groups in total. The smallest absolute Gasteiger partial charge is 0.333 e. The Kier molecular flexibility index (Phi) is 8.67. The molecule has 7 heteroatoms. The van der Waals surface area contributed by atoms with E-state index in [2.05, 4.69) is 5.32 Å². The summed E-state index contributed by atoms with van der Waals surface area (Å²) in [7, 11) is 1.59. The van der Waals surface area contributed by atoms with Crippen molar-refractivity contribution in [1.29, 1.82) is 0 Å². The molecule has 3 heterocycles. The van der Waals surface area contributed by atoms with E-state index in [-0.39, 0.29) is 34.8 Å². The van der Waals surface area contributed by atoms with Crippen LogP contribution >= 0.6 is 0 Å². The lowest BCUT2D eigenvalue weighted by molar-refractivity contribution is -0.938. The van der Waals surface area contributed by atoms with Gasteiger partial charge in [0.05, 0.1) is 25.8 Å². The standard InChI is InChI=1S/C30H33N2O4.BrH/c1-35-27-15-9-8-14-25(27)26(33)20-32-18-16-22(17-19-32)28(21-32)36-30(34)29(23-10-4-2-5-11-23)31-24-12-6-3-7-13-24;/h2-15,22,28-29,31H,16-21H2,1H3;1H/q+1;/p-1/t22?,28-,29+,32?;/m0./s1. The van der Waals surface area contributed by atoms with Crippen LogP contribution < -0.4 is 27.0 Å².